The zero-order valence-electron chi connectivity index (χ0n) is 45.4. The number of ether oxygens (including phenoxy) is 3. The molecule has 1 atom stereocenters. The molecule has 6 heteroatoms. The van der Waals surface area contributed by atoms with Crippen molar-refractivity contribution in [3.8, 4) is 0 Å². The van der Waals surface area contributed by atoms with Gasteiger partial charge in [-0.1, -0.05) is 262 Å². The number of unbranched alkanes of at least 4 members (excludes halogenated alkanes) is 35. The second-order valence-electron chi connectivity index (χ2n) is 19.9. The van der Waals surface area contributed by atoms with Crippen LogP contribution in [0.4, 0.5) is 0 Å². The predicted molar refractivity (Wildman–Crippen MR) is 293 cm³/mol. The second kappa shape index (κ2) is 57.0. The predicted octanol–water partition coefficient (Wildman–Crippen LogP) is 19.8. The molecule has 0 N–H and O–H groups in total. The minimum Gasteiger partial charge on any atom is -0.462 e. The first-order valence-electron chi connectivity index (χ1n) is 29.6. The fraction of sp³-hybridized carbons (Fsp3) is 0.823. The number of allylic oxidation sites excluding steroid dienone is 8. The fourth-order valence-corrected chi connectivity index (χ4v) is 8.63. The topological polar surface area (TPSA) is 78.9 Å². The van der Waals surface area contributed by atoms with Crippen LogP contribution in [0.25, 0.3) is 0 Å². The molecule has 0 aromatic heterocycles. The van der Waals surface area contributed by atoms with Crippen LogP contribution < -0.4 is 0 Å². The van der Waals surface area contributed by atoms with Gasteiger partial charge in [-0.3, -0.25) is 14.4 Å². The molecule has 68 heavy (non-hydrogen) atoms. The highest BCUT2D eigenvalue weighted by molar-refractivity contribution is 5.71. The molecule has 396 valence electrons. The monoisotopic (exact) mass is 953 g/mol. The van der Waals surface area contributed by atoms with Crippen LogP contribution in [-0.4, -0.2) is 37.2 Å². The van der Waals surface area contributed by atoms with Crippen LogP contribution in [0.1, 0.15) is 310 Å². The van der Waals surface area contributed by atoms with E-state index in [1.54, 1.807) is 0 Å². The SMILES string of the molecule is CC/C=C\C/C=C\C/C=C\CCCCC(=O)OCC(COC(=O)CCCCCCCCC/C=C\CCCCCCCCCC)OC(=O)CCCCCCCCCCCCCCCCCCCCC. The smallest absolute Gasteiger partial charge is 0.306 e. The summed E-state index contributed by atoms with van der Waals surface area (Å²) in [5, 5.41) is 0. The van der Waals surface area contributed by atoms with Crippen molar-refractivity contribution >= 4 is 17.9 Å². The first-order valence-corrected chi connectivity index (χ1v) is 29.6. The summed E-state index contributed by atoms with van der Waals surface area (Å²) >= 11 is 0. The van der Waals surface area contributed by atoms with Gasteiger partial charge < -0.3 is 14.2 Å². The molecule has 0 aromatic rings. The Bertz CT molecular complexity index is 1190. The first kappa shape index (κ1) is 65.4. The molecule has 0 fully saturated rings. The van der Waals surface area contributed by atoms with E-state index in [2.05, 4.69) is 69.4 Å². The number of carbonyl (C=O) groups excluding carboxylic acids is 3. The Morgan fingerprint density at radius 1 is 0.309 bits per heavy atom. The van der Waals surface area contributed by atoms with Crippen molar-refractivity contribution < 1.29 is 28.6 Å². The fourth-order valence-electron chi connectivity index (χ4n) is 8.63. The Morgan fingerprint density at radius 2 is 0.574 bits per heavy atom. The van der Waals surface area contributed by atoms with Gasteiger partial charge in [0.1, 0.15) is 13.2 Å². The largest absolute Gasteiger partial charge is 0.462 e. The third-order valence-corrected chi connectivity index (χ3v) is 13.1. The summed E-state index contributed by atoms with van der Waals surface area (Å²) in [6.07, 6.45) is 69.7. The van der Waals surface area contributed by atoms with E-state index in [0.29, 0.717) is 19.3 Å². The molecule has 0 amide bonds. The van der Waals surface area contributed by atoms with Crippen LogP contribution in [0.15, 0.2) is 48.6 Å². The number of hydrogen-bond donors (Lipinski definition) is 0. The molecule has 1 unspecified atom stereocenters. The van der Waals surface area contributed by atoms with Crippen LogP contribution >= 0.6 is 0 Å². The van der Waals surface area contributed by atoms with Crippen molar-refractivity contribution in [3.63, 3.8) is 0 Å². The maximum Gasteiger partial charge on any atom is 0.306 e. The van der Waals surface area contributed by atoms with Gasteiger partial charge in [-0.15, -0.1) is 0 Å². The van der Waals surface area contributed by atoms with E-state index in [9.17, 15) is 14.4 Å². The molecule has 0 saturated carbocycles. The van der Waals surface area contributed by atoms with E-state index in [-0.39, 0.29) is 31.1 Å². The molecule has 0 saturated heterocycles. The van der Waals surface area contributed by atoms with Gasteiger partial charge in [-0.25, -0.2) is 0 Å². The molecular formula is C62H112O6. The van der Waals surface area contributed by atoms with Gasteiger partial charge in [0, 0.05) is 19.3 Å². The van der Waals surface area contributed by atoms with Gasteiger partial charge in [-0.05, 0) is 77.0 Å². The van der Waals surface area contributed by atoms with E-state index < -0.39 is 6.10 Å². The lowest BCUT2D eigenvalue weighted by molar-refractivity contribution is -0.167. The summed E-state index contributed by atoms with van der Waals surface area (Å²) in [4.78, 5) is 38.1. The van der Waals surface area contributed by atoms with E-state index in [0.717, 1.165) is 77.0 Å². The highest BCUT2D eigenvalue weighted by Gasteiger charge is 2.19. The minimum atomic E-state index is -0.788. The number of esters is 3. The first-order chi connectivity index (χ1) is 33.5. The number of rotatable bonds is 54. The Labute approximate surface area is 422 Å². The molecule has 0 aliphatic rings. The Hall–Kier alpha value is -2.63. The lowest BCUT2D eigenvalue weighted by Gasteiger charge is -2.18. The molecule has 0 heterocycles. The van der Waals surface area contributed by atoms with E-state index in [4.69, 9.17) is 14.2 Å². The minimum absolute atomic E-state index is 0.0846. The lowest BCUT2D eigenvalue weighted by Crippen LogP contribution is -2.30. The van der Waals surface area contributed by atoms with E-state index in [1.807, 2.05) is 0 Å². The third-order valence-electron chi connectivity index (χ3n) is 13.1. The van der Waals surface area contributed by atoms with Gasteiger partial charge >= 0.3 is 17.9 Å². The zero-order chi connectivity index (χ0) is 49.3. The maximum absolute atomic E-state index is 12.9. The van der Waals surface area contributed by atoms with Crippen LogP contribution in [0.5, 0.6) is 0 Å². The average Bonchev–Trinajstić information content (AvgIpc) is 3.34. The van der Waals surface area contributed by atoms with Crippen LogP contribution in [0.3, 0.4) is 0 Å². The van der Waals surface area contributed by atoms with Gasteiger partial charge in [0.15, 0.2) is 6.10 Å². The van der Waals surface area contributed by atoms with Crippen molar-refractivity contribution in [2.24, 2.45) is 0 Å². The highest BCUT2D eigenvalue weighted by Crippen LogP contribution is 2.17. The quantitative estimate of drug-likeness (QED) is 0.0262. The molecule has 0 aromatic carbocycles. The van der Waals surface area contributed by atoms with Crippen molar-refractivity contribution in [3.05, 3.63) is 48.6 Å². The summed E-state index contributed by atoms with van der Waals surface area (Å²) in [6.45, 7) is 6.53. The van der Waals surface area contributed by atoms with Gasteiger partial charge in [0.2, 0.25) is 0 Å². The molecular weight excluding hydrogens is 841 g/mol. The standard InChI is InChI=1S/C62H112O6/c1-4-7-10-13-16-19-22-25-27-29-31-33-35-37-40-43-46-49-52-55-61(64)67-58-59(57-66-60(63)54-51-48-45-42-39-24-21-18-15-12-9-6-3)68-62(65)56-53-50-47-44-41-38-36-34-32-30-28-26-23-20-17-14-11-8-5-2/h9,12,18,21,29,31,39,42,59H,4-8,10-11,13-17,19-20,22-28,30,32-38,40-41,43-58H2,1-3H3/b12-9-,21-18-,31-29-,42-39-. The summed E-state index contributed by atoms with van der Waals surface area (Å²) in [5.41, 5.74) is 0. The molecule has 0 aliphatic heterocycles. The number of carbonyl (C=O) groups is 3. The molecule has 0 spiro atoms. The summed E-state index contributed by atoms with van der Waals surface area (Å²) < 4.78 is 16.8. The molecule has 0 aliphatic carbocycles. The Balaban J connectivity index is 4.33. The van der Waals surface area contributed by atoms with Crippen LogP contribution in [-0.2, 0) is 28.6 Å². The average molecular weight is 954 g/mol. The molecule has 0 rings (SSSR count). The van der Waals surface area contributed by atoms with Gasteiger partial charge in [0.25, 0.3) is 0 Å². The highest BCUT2D eigenvalue weighted by atomic mass is 16.6. The van der Waals surface area contributed by atoms with Crippen molar-refractivity contribution in [1.82, 2.24) is 0 Å². The lowest BCUT2D eigenvalue weighted by atomic mass is 10.0. The van der Waals surface area contributed by atoms with Gasteiger partial charge in [-0.2, -0.15) is 0 Å². The Kier molecular flexibility index (Phi) is 54.8. The van der Waals surface area contributed by atoms with Crippen molar-refractivity contribution in [1.29, 1.82) is 0 Å². The Morgan fingerprint density at radius 3 is 0.941 bits per heavy atom. The summed E-state index contributed by atoms with van der Waals surface area (Å²) in [5.74, 6) is -0.913. The maximum atomic E-state index is 12.9. The van der Waals surface area contributed by atoms with Crippen LogP contribution in [0, 0.1) is 0 Å². The summed E-state index contributed by atoms with van der Waals surface area (Å²) in [7, 11) is 0. The number of hydrogen-bond acceptors (Lipinski definition) is 6. The zero-order valence-corrected chi connectivity index (χ0v) is 45.4. The van der Waals surface area contributed by atoms with E-state index in [1.165, 1.54) is 193 Å². The second-order valence-corrected chi connectivity index (χ2v) is 19.9. The summed E-state index contributed by atoms with van der Waals surface area (Å²) in [6, 6.07) is 0. The molecule has 0 radical (unpaired) electrons. The van der Waals surface area contributed by atoms with Crippen molar-refractivity contribution in [2.75, 3.05) is 13.2 Å². The van der Waals surface area contributed by atoms with E-state index >= 15 is 0 Å². The normalized spacial score (nSPS) is 12.3. The van der Waals surface area contributed by atoms with Gasteiger partial charge in [0.05, 0.1) is 0 Å². The van der Waals surface area contributed by atoms with Crippen LogP contribution in [0.2, 0.25) is 0 Å². The molecule has 0 bridgehead atoms. The van der Waals surface area contributed by atoms with Crippen molar-refractivity contribution in [2.45, 2.75) is 316 Å². The molecule has 6 nitrogen and oxygen atoms in total. The third kappa shape index (κ3) is 54.3.